The molecular weight excluding hydrogens is 377 g/mol. The van der Waals surface area contributed by atoms with E-state index in [0.717, 1.165) is 11.0 Å². The lowest BCUT2D eigenvalue weighted by molar-refractivity contribution is 0.208. The van der Waals surface area contributed by atoms with Gasteiger partial charge in [0.2, 0.25) is 5.13 Å². The van der Waals surface area contributed by atoms with Crippen molar-refractivity contribution in [3.05, 3.63) is 71.8 Å². The van der Waals surface area contributed by atoms with E-state index in [4.69, 9.17) is 0 Å². The molecule has 1 aliphatic heterocycles. The molecule has 2 heterocycles. The monoisotopic (exact) mass is 397 g/mol. The predicted molar refractivity (Wildman–Crippen MR) is 108 cm³/mol. The molecule has 0 aliphatic carbocycles. The van der Waals surface area contributed by atoms with Gasteiger partial charge in [-0.25, -0.2) is 14.2 Å². The quantitative estimate of drug-likeness (QED) is 0.730. The van der Waals surface area contributed by atoms with Crippen LogP contribution in [0.15, 0.2) is 54.6 Å². The second kappa shape index (κ2) is 8.35. The van der Waals surface area contributed by atoms with Gasteiger partial charge in [0, 0.05) is 44.1 Å². The van der Waals surface area contributed by atoms with Crippen LogP contribution in [0.5, 0.6) is 0 Å². The number of carbonyl (C=O) groups excluding carboxylic acids is 1. The van der Waals surface area contributed by atoms with E-state index in [2.05, 4.69) is 31.7 Å². The van der Waals surface area contributed by atoms with Crippen molar-refractivity contribution in [3.63, 3.8) is 0 Å². The Morgan fingerprint density at radius 1 is 1.04 bits per heavy atom. The number of anilines is 2. The van der Waals surface area contributed by atoms with Crippen LogP contribution < -0.4 is 10.2 Å². The van der Waals surface area contributed by atoms with Crippen LogP contribution >= 0.6 is 11.5 Å². The second-order valence-electron chi connectivity index (χ2n) is 6.54. The fourth-order valence-corrected chi connectivity index (χ4v) is 3.82. The largest absolute Gasteiger partial charge is 0.343 e. The zero-order valence-corrected chi connectivity index (χ0v) is 16.0. The van der Waals surface area contributed by atoms with Gasteiger partial charge < -0.3 is 15.1 Å². The summed E-state index contributed by atoms with van der Waals surface area (Å²) in [5, 5.41) is 3.51. The van der Waals surface area contributed by atoms with Gasteiger partial charge in [-0.3, -0.25) is 0 Å². The number of urea groups is 1. The van der Waals surface area contributed by atoms with Crippen molar-refractivity contribution in [1.82, 2.24) is 14.3 Å². The molecule has 8 heteroatoms. The molecule has 0 radical (unpaired) electrons. The summed E-state index contributed by atoms with van der Waals surface area (Å²) in [4.78, 5) is 20.8. The smallest absolute Gasteiger partial charge is 0.322 e. The zero-order chi connectivity index (χ0) is 19.3. The summed E-state index contributed by atoms with van der Waals surface area (Å²) >= 11 is 1.39. The molecule has 0 spiro atoms. The van der Waals surface area contributed by atoms with E-state index in [1.807, 2.05) is 18.2 Å². The molecule has 1 saturated heterocycles. The Labute approximate surface area is 166 Å². The van der Waals surface area contributed by atoms with Crippen LogP contribution in [0.4, 0.5) is 20.0 Å². The highest BCUT2D eigenvalue weighted by molar-refractivity contribution is 7.09. The van der Waals surface area contributed by atoms with Crippen LogP contribution in [-0.2, 0) is 6.42 Å². The number of aromatic nitrogens is 2. The SMILES string of the molecule is O=C(Nc1ccccc1F)N1CCN(c2nc(Cc3ccccc3)ns2)CC1. The summed E-state index contributed by atoms with van der Waals surface area (Å²) in [5.41, 5.74) is 1.38. The number of benzene rings is 2. The van der Waals surface area contributed by atoms with Gasteiger partial charge in [0.05, 0.1) is 5.69 Å². The molecule has 6 nitrogen and oxygen atoms in total. The second-order valence-corrected chi connectivity index (χ2v) is 7.27. The Balaban J connectivity index is 1.32. The summed E-state index contributed by atoms with van der Waals surface area (Å²) in [6, 6.07) is 16.0. The maximum absolute atomic E-state index is 13.7. The molecule has 0 bridgehead atoms. The van der Waals surface area contributed by atoms with Crippen LogP contribution in [0.3, 0.4) is 0 Å². The molecule has 0 atom stereocenters. The predicted octanol–water partition coefficient (Wildman–Crippen LogP) is 3.62. The number of hydrogen-bond acceptors (Lipinski definition) is 5. The van der Waals surface area contributed by atoms with Gasteiger partial charge in [-0.15, -0.1) is 0 Å². The van der Waals surface area contributed by atoms with Crippen molar-refractivity contribution < 1.29 is 9.18 Å². The van der Waals surface area contributed by atoms with Gasteiger partial charge in [-0.1, -0.05) is 42.5 Å². The van der Waals surface area contributed by atoms with E-state index in [9.17, 15) is 9.18 Å². The first kappa shape index (κ1) is 18.4. The molecule has 0 saturated carbocycles. The fraction of sp³-hybridized carbons (Fsp3) is 0.250. The van der Waals surface area contributed by atoms with Crippen LogP contribution in [0.2, 0.25) is 0 Å². The van der Waals surface area contributed by atoms with E-state index in [1.165, 1.54) is 23.2 Å². The Kier molecular flexibility index (Phi) is 5.48. The first-order valence-electron chi connectivity index (χ1n) is 9.11. The number of para-hydroxylation sites is 1. The van der Waals surface area contributed by atoms with Crippen LogP contribution in [0.1, 0.15) is 11.4 Å². The average Bonchev–Trinajstić information content (AvgIpc) is 3.19. The number of halogens is 1. The molecule has 1 fully saturated rings. The summed E-state index contributed by atoms with van der Waals surface area (Å²) in [6.07, 6.45) is 0.711. The molecule has 1 aromatic heterocycles. The van der Waals surface area contributed by atoms with E-state index in [0.29, 0.717) is 32.6 Å². The van der Waals surface area contributed by atoms with Gasteiger partial charge in [0.25, 0.3) is 0 Å². The van der Waals surface area contributed by atoms with Crippen molar-refractivity contribution in [2.45, 2.75) is 6.42 Å². The lowest BCUT2D eigenvalue weighted by Gasteiger charge is -2.34. The van der Waals surface area contributed by atoms with E-state index in [-0.39, 0.29) is 11.7 Å². The van der Waals surface area contributed by atoms with E-state index in [1.54, 1.807) is 23.1 Å². The Morgan fingerprint density at radius 2 is 1.75 bits per heavy atom. The molecular formula is C20H20FN5OS. The van der Waals surface area contributed by atoms with Crippen molar-refractivity contribution in [1.29, 1.82) is 0 Å². The van der Waals surface area contributed by atoms with Crippen molar-refractivity contribution in [2.24, 2.45) is 0 Å². The molecule has 144 valence electrons. The Morgan fingerprint density at radius 3 is 2.50 bits per heavy atom. The van der Waals surface area contributed by atoms with Gasteiger partial charge >= 0.3 is 6.03 Å². The van der Waals surface area contributed by atoms with Crippen LogP contribution in [-0.4, -0.2) is 46.5 Å². The van der Waals surface area contributed by atoms with E-state index >= 15 is 0 Å². The third kappa shape index (κ3) is 4.28. The lowest BCUT2D eigenvalue weighted by atomic mass is 10.1. The minimum absolute atomic E-state index is 0.199. The number of carbonyl (C=O) groups is 1. The topological polar surface area (TPSA) is 61.4 Å². The maximum atomic E-state index is 13.7. The molecule has 2 amide bonds. The Bertz CT molecular complexity index is 941. The summed E-state index contributed by atoms with van der Waals surface area (Å²) in [5.74, 6) is 0.375. The third-order valence-corrected chi connectivity index (χ3v) is 5.43. The fourth-order valence-electron chi connectivity index (χ4n) is 3.08. The normalized spacial score (nSPS) is 14.2. The summed E-state index contributed by atoms with van der Waals surface area (Å²) in [7, 11) is 0. The third-order valence-electron chi connectivity index (χ3n) is 4.62. The van der Waals surface area contributed by atoms with Gasteiger partial charge in [-0.2, -0.15) is 4.37 Å². The van der Waals surface area contributed by atoms with Gasteiger partial charge in [0.15, 0.2) is 0 Å². The Hall–Kier alpha value is -3.00. The highest BCUT2D eigenvalue weighted by Gasteiger charge is 2.23. The number of amides is 2. The minimum Gasteiger partial charge on any atom is -0.343 e. The van der Waals surface area contributed by atoms with E-state index < -0.39 is 5.82 Å². The molecule has 4 rings (SSSR count). The number of hydrogen-bond donors (Lipinski definition) is 1. The van der Waals surface area contributed by atoms with Gasteiger partial charge in [0.1, 0.15) is 11.6 Å². The van der Waals surface area contributed by atoms with Crippen LogP contribution in [0, 0.1) is 5.82 Å². The number of rotatable bonds is 4. The van der Waals surface area contributed by atoms with Gasteiger partial charge in [-0.05, 0) is 17.7 Å². The highest BCUT2D eigenvalue weighted by atomic mass is 32.1. The van der Waals surface area contributed by atoms with Crippen molar-refractivity contribution >= 4 is 28.4 Å². The lowest BCUT2D eigenvalue weighted by Crippen LogP contribution is -2.50. The van der Waals surface area contributed by atoms with Crippen molar-refractivity contribution in [3.8, 4) is 0 Å². The average molecular weight is 397 g/mol. The molecule has 3 aromatic rings. The molecule has 2 aromatic carbocycles. The van der Waals surface area contributed by atoms with Crippen LogP contribution in [0.25, 0.3) is 0 Å². The van der Waals surface area contributed by atoms with Crippen molar-refractivity contribution in [2.75, 3.05) is 36.4 Å². The minimum atomic E-state index is -0.436. The molecule has 28 heavy (non-hydrogen) atoms. The summed E-state index contributed by atoms with van der Waals surface area (Å²) < 4.78 is 18.2. The zero-order valence-electron chi connectivity index (χ0n) is 15.2. The number of nitrogens with zero attached hydrogens (tertiary/aromatic N) is 4. The summed E-state index contributed by atoms with van der Waals surface area (Å²) in [6.45, 7) is 2.44. The first-order valence-corrected chi connectivity index (χ1v) is 9.88. The highest BCUT2D eigenvalue weighted by Crippen LogP contribution is 2.21. The molecule has 0 unspecified atom stereocenters. The molecule has 1 N–H and O–H groups in total. The molecule has 1 aliphatic rings. The standard InChI is InChI=1S/C20H20FN5OS/c21-16-8-4-5-9-17(16)22-19(27)25-10-12-26(13-11-25)20-23-18(24-28-20)14-15-6-2-1-3-7-15/h1-9H,10-14H2,(H,22,27). The first-order chi connectivity index (χ1) is 13.7. The number of nitrogens with one attached hydrogen (secondary N) is 1. The maximum Gasteiger partial charge on any atom is 0.322 e. The number of piperazine rings is 1.